The van der Waals surface area contributed by atoms with Crippen LogP contribution >= 0.6 is 0 Å². The molecule has 2 heterocycles. The van der Waals surface area contributed by atoms with Gasteiger partial charge in [0.15, 0.2) is 0 Å². The normalized spacial score (nSPS) is 36.0. The number of hydrogen-bond donors (Lipinski definition) is 1. The smallest absolute Gasteiger partial charge is 0.0886 e. The van der Waals surface area contributed by atoms with Crippen LogP contribution in [0.5, 0.6) is 0 Å². The van der Waals surface area contributed by atoms with E-state index in [4.69, 9.17) is 0 Å². The molecule has 2 unspecified atom stereocenters. The minimum Gasteiger partial charge on any atom is -0.290 e. The Morgan fingerprint density at radius 2 is 2.40 bits per heavy atom. The molecule has 0 saturated carbocycles. The van der Waals surface area contributed by atoms with E-state index in [-0.39, 0.29) is 0 Å². The molecular weight excluding hydrogens is 126 g/mol. The van der Waals surface area contributed by atoms with Crippen molar-refractivity contribution in [2.75, 3.05) is 6.67 Å². The summed E-state index contributed by atoms with van der Waals surface area (Å²) in [6.07, 6.45) is 7.78. The molecule has 2 rings (SSSR count). The van der Waals surface area contributed by atoms with Gasteiger partial charge in [-0.25, -0.2) is 0 Å². The van der Waals surface area contributed by atoms with Crippen molar-refractivity contribution < 1.29 is 0 Å². The zero-order chi connectivity index (χ0) is 6.81. The van der Waals surface area contributed by atoms with Crippen molar-refractivity contribution in [3.05, 3.63) is 12.3 Å². The van der Waals surface area contributed by atoms with Crippen LogP contribution in [0.25, 0.3) is 0 Å². The lowest BCUT2D eigenvalue weighted by Gasteiger charge is -2.23. The van der Waals surface area contributed by atoms with Gasteiger partial charge in [-0.3, -0.25) is 15.3 Å². The quantitative estimate of drug-likeness (QED) is 0.506. The first-order valence-corrected chi connectivity index (χ1v) is 3.40. The monoisotopic (exact) mass is 135 g/mol. The van der Waals surface area contributed by atoms with Gasteiger partial charge in [-0.05, 0) is 0 Å². The topological polar surface area (TPSA) is 36.8 Å². The zero-order valence-electron chi connectivity index (χ0n) is 5.57. The molecule has 0 aliphatic carbocycles. The summed E-state index contributed by atoms with van der Waals surface area (Å²) in [6, 6.07) is 0.377. The van der Waals surface area contributed by atoms with Crippen LogP contribution < -0.4 is 5.32 Å². The molecule has 0 aromatic rings. The van der Waals surface area contributed by atoms with E-state index in [0.29, 0.717) is 12.0 Å². The van der Waals surface area contributed by atoms with Crippen LogP contribution in [0, 0.1) is 5.92 Å². The van der Waals surface area contributed by atoms with E-state index in [0.717, 1.165) is 6.67 Å². The maximum absolute atomic E-state index is 4.11. The average molecular weight is 135 g/mol. The minimum atomic E-state index is 0.377. The van der Waals surface area contributed by atoms with Crippen molar-refractivity contribution in [3.63, 3.8) is 0 Å². The first-order chi connectivity index (χ1) is 4.97. The lowest BCUT2D eigenvalue weighted by Crippen LogP contribution is -2.41. The number of nitrogens with zero attached hydrogens (tertiary/aromatic N) is 2. The van der Waals surface area contributed by atoms with Gasteiger partial charge in [-0.15, -0.1) is 0 Å². The maximum atomic E-state index is 4.11. The van der Waals surface area contributed by atoms with Gasteiger partial charge >= 0.3 is 0 Å². The summed E-state index contributed by atoms with van der Waals surface area (Å²) in [5.41, 5.74) is 0. The highest BCUT2D eigenvalue weighted by atomic mass is 15.1. The molecule has 2 atom stereocenters. The largest absolute Gasteiger partial charge is 0.290 e. The van der Waals surface area contributed by atoms with E-state index in [2.05, 4.69) is 21.4 Å². The molecule has 0 aromatic carbocycles. The van der Waals surface area contributed by atoms with Crippen LogP contribution in [0.3, 0.4) is 0 Å². The van der Waals surface area contributed by atoms with Crippen LogP contribution in [0.15, 0.2) is 22.3 Å². The molecule has 2 aliphatic heterocycles. The van der Waals surface area contributed by atoms with Gasteiger partial charge in [0.1, 0.15) is 0 Å². The Labute approximate surface area is 59.6 Å². The third kappa shape index (κ3) is 0.885. The van der Waals surface area contributed by atoms with Gasteiger partial charge in [-0.2, -0.15) is 0 Å². The van der Waals surface area contributed by atoms with Crippen LogP contribution in [0.1, 0.15) is 0 Å². The van der Waals surface area contributed by atoms with Gasteiger partial charge in [0.05, 0.1) is 12.7 Å². The summed E-state index contributed by atoms with van der Waals surface area (Å²) in [5, 5.41) is 3.22. The summed E-state index contributed by atoms with van der Waals surface area (Å²) in [6.45, 7) is 0.723. The van der Waals surface area contributed by atoms with Crippen molar-refractivity contribution in [1.82, 2.24) is 5.32 Å². The average Bonchev–Trinajstić information content (AvgIpc) is 2.05. The Hall–Kier alpha value is -0.960. The molecule has 0 bridgehead atoms. The van der Waals surface area contributed by atoms with E-state index < -0.39 is 0 Å². The first-order valence-electron chi connectivity index (χ1n) is 3.40. The van der Waals surface area contributed by atoms with Crippen LogP contribution in [-0.4, -0.2) is 25.1 Å². The summed E-state index contributed by atoms with van der Waals surface area (Å²) >= 11 is 0. The second kappa shape index (κ2) is 2.34. The second-order valence-corrected chi connectivity index (χ2v) is 2.44. The third-order valence-electron chi connectivity index (χ3n) is 1.75. The SMILES string of the molecule is C1=CC2C=NCNC2C=N1. The number of fused-ring (bicyclic) bond motifs is 1. The fraction of sp³-hybridized carbons (Fsp3) is 0.429. The molecule has 0 aromatic heterocycles. The van der Waals surface area contributed by atoms with E-state index in [1.54, 1.807) is 0 Å². The Kier molecular flexibility index (Phi) is 1.36. The van der Waals surface area contributed by atoms with Crippen molar-refractivity contribution >= 4 is 12.4 Å². The lowest BCUT2D eigenvalue weighted by molar-refractivity contribution is 0.567. The molecule has 0 fully saturated rings. The number of aliphatic imine (C=N–C) groups is 2. The Bertz CT molecular complexity index is 205. The molecule has 0 saturated heterocycles. The maximum Gasteiger partial charge on any atom is 0.0886 e. The predicted octanol–water partition coefficient (Wildman–Crippen LogP) is 0.201. The molecule has 0 radical (unpaired) electrons. The Morgan fingerprint density at radius 3 is 3.30 bits per heavy atom. The summed E-state index contributed by atoms with van der Waals surface area (Å²) < 4.78 is 0. The number of nitrogens with one attached hydrogen (secondary N) is 1. The van der Waals surface area contributed by atoms with E-state index >= 15 is 0 Å². The molecule has 2 aliphatic rings. The van der Waals surface area contributed by atoms with Crippen LogP contribution in [-0.2, 0) is 0 Å². The fourth-order valence-electron chi connectivity index (χ4n) is 1.17. The van der Waals surface area contributed by atoms with Gasteiger partial charge in [0.25, 0.3) is 0 Å². The molecule has 3 nitrogen and oxygen atoms in total. The highest BCUT2D eigenvalue weighted by Crippen LogP contribution is 2.08. The summed E-state index contributed by atoms with van der Waals surface area (Å²) in [4.78, 5) is 8.14. The molecule has 1 N–H and O–H groups in total. The highest BCUT2D eigenvalue weighted by Gasteiger charge is 2.18. The molecule has 0 amide bonds. The van der Waals surface area contributed by atoms with E-state index in [1.807, 2.05) is 18.6 Å². The van der Waals surface area contributed by atoms with Crippen LogP contribution in [0.4, 0.5) is 0 Å². The van der Waals surface area contributed by atoms with Crippen molar-refractivity contribution in [1.29, 1.82) is 0 Å². The number of rotatable bonds is 0. The van der Waals surface area contributed by atoms with E-state index in [1.165, 1.54) is 0 Å². The Balaban J connectivity index is 2.21. The number of hydrogen-bond acceptors (Lipinski definition) is 3. The predicted molar refractivity (Wildman–Crippen MR) is 41.4 cm³/mol. The molecule has 3 heteroatoms. The van der Waals surface area contributed by atoms with Gasteiger partial charge in [0, 0.05) is 24.5 Å². The summed E-state index contributed by atoms with van der Waals surface area (Å²) in [5.74, 6) is 0.422. The van der Waals surface area contributed by atoms with E-state index in [9.17, 15) is 0 Å². The van der Waals surface area contributed by atoms with Crippen molar-refractivity contribution in [2.45, 2.75) is 6.04 Å². The van der Waals surface area contributed by atoms with Gasteiger partial charge in [0.2, 0.25) is 0 Å². The third-order valence-corrected chi connectivity index (χ3v) is 1.75. The lowest BCUT2D eigenvalue weighted by atomic mass is 10.00. The van der Waals surface area contributed by atoms with Crippen LogP contribution in [0.2, 0.25) is 0 Å². The van der Waals surface area contributed by atoms with Gasteiger partial charge < -0.3 is 0 Å². The molecule has 10 heavy (non-hydrogen) atoms. The zero-order valence-corrected chi connectivity index (χ0v) is 5.57. The summed E-state index contributed by atoms with van der Waals surface area (Å²) in [7, 11) is 0. The molecule has 0 spiro atoms. The Morgan fingerprint density at radius 1 is 1.40 bits per heavy atom. The first kappa shape index (κ1) is 5.80. The highest BCUT2D eigenvalue weighted by molar-refractivity contribution is 5.78. The fourth-order valence-corrected chi connectivity index (χ4v) is 1.17. The van der Waals surface area contributed by atoms with Gasteiger partial charge in [-0.1, -0.05) is 6.08 Å². The van der Waals surface area contributed by atoms with Crippen molar-refractivity contribution in [3.8, 4) is 0 Å². The van der Waals surface area contributed by atoms with Crippen molar-refractivity contribution in [2.24, 2.45) is 15.9 Å². The molecule has 52 valence electrons. The standard InChI is InChI=1S/C7H9N3/c1-2-8-4-7-6(1)3-9-5-10-7/h1-4,6-7,10H,5H2. The second-order valence-electron chi connectivity index (χ2n) is 2.44. The molecular formula is C7H9N3. The minimum absolute atomic E-state index is 0.377.